The minimum Gasteiger partial charge on any atom is -0.497 e. The number of benzene rings is 2. The van der Waals surface area contributed by atoms with Crippen LogP contribution in [0, 0.1) is 28.8 Å². The molecular formula is C28H28F3N5O8. The Balaban J connectivity index is 1.56. The zero-order chi connectivity index (χ0) is 31.7. The Kier molecular flexibility index (Phi) is 9.15. The molecule has 3 aromatic rings. The molecule has 0 radical (unpaired) electrons. The molecule has 5 rings (SSSR count). The quantitative estimate of drug-likeness (QED) is 0.303. The maximum atomic E-state index is 14.4. The van der Waals surface area contributed by atoms with E-state index in [4.69, 9.17) is 18.9 Å². The van der Waals surface area contributed by atoms with Gasteiger partial charge in [-0.15, -0.1) is 5.10 Å². The number of methoxy groups -OCH3 is 2. The van der Waals surface area contributed by atoms with Crippen LogP contribution in [0.3, 0.4) is 0 Å². The highest BCUT2D eigenvalue weighted by molar-refractivity contribution is 5.98. The summed E-state index contributed by atoms with van der Waals surface area (Å²) in [5.41, 5.74) is 0.0875. The van der Waals surface area contributed by atoms with Crippen LogP contribution in [0.1, 0.15) is 11.6 Å². The van der Waals surface area contributed by atoms with E-state index >= 15 is 0 Å². The summed E-state index contributed by atoms with van der Waals surface area (Å²) in [6.45, 7) is -0.876. The number of aromatic nitrogens is 3. The molecule has 3 N–H and O–H groups in total. The van der Waals surface area contributed by atoms with Gasteiger partial charge in [0.1, 0.15) is 41.9 Å². The van der Waals surface area contributed by atoms with Gasteiger partial charge in [0.05, 0.1) is 50.8 Å². The lowest BCUT2D eigenvalue weighted by molar-refractivity contribution is -0.211. The molecule has 7 atom stereocenters. The van der Waals surface area contributed by atoms with Crippen LogP contribution in [0.25, 0.3) is 11.3 Å². The number of nitriles is 1. The van der Waals surface area contributed by atoms with Gasteiger partial charge in [-0.3, -0.25) is 4.79 Å². The molecule has 1 aromatic heterocycles. The van der Waals surface area contributed by atoms with Gasteiger partial charge < -0.3 is 39.2 Å². The van der Waals surface area contributed by atoms with Gasteiger partial charge in [0.2, 0.25) is 0 Å². The van der Waals surface area contributed by atoms with Crippen LogP contribution < -0.4 is 9.64 Å². The minimum atomic E-state index is -1.66. The summed E-state index contributed by atoms with van der Waals surface area (Å²) < 4.78 is 64.6. The van der Waals surface area contributed by atoms with E-state index in [9.17, 15) is 38.5 Å². The molecule has 2 fully saturated rings. The summed E-state index contributed by atoms with van der Waals surface area (Å²) in [5, 5.41) is 49.4. The number of halogens is 3. The number of amides is 1. The average molecular weight is 620 g/mol. The number of hydrogen-bond acceptors (Lipinski definition) is 11. The van der Waals surface area contributed by atoms with E-state index in [0.717, 1.165) is 16.8 Å². The van der Waals surface area contributed by atoms with Gasteiger partial charge in [0.15, 0.2) is 23.6 Å². The van der Waals surface area contributed by atoms with Crippen LogP contribution in [-0.2, 0) is 19.0 Å². The van der Waals surface area contributed by atoms with Crippen LogP contribution in [0.5, 0.6) is 5.75 Å². The fourth-order valence-corrected chi connectivity index (χ4v) is 5.42. The van der Waals surface area contributed by atoms with Crippen molar-refractivity contribution in [1.29, 1.82) is 5.26 Å². The van der Waals surface area contributed by atoms with Gasteiger partial charge >= 0.3 is 0 Å². The second-order valence-corrected chi connectivity index (χ2v) is 10.2. The van der Waals surface area contributed by atoms with Gasteiger partial charge in [0.25, 0.3) is 5.91 Å². The molecule has 2 aliphatic rings. The molecule has 16 heteroatoms. The summed E-state index contributed by atoms with van der Waals surface area (Å²) in [6.07, 6.45) is -5.63. The highest BCUT2D eigenvalue weighted by Crippen LogP contribution is 2.36. The third kappa shape index (κ3) is 5.73. The summed E-state index contributed by atoms with van der Waals surface area (Å²) in [6, 6.07) is 5.61. The molecule has 44 heavy (non-hydrogen) atoms. The van der Waals surface area contributed by atoms with Crippen molar-refractivity contribution in [1.82, 2.24) is 15.0 Å². The van der Waals surface area contributed by atoms with E-state index < -0.39 is 72.6 Å². The molecule has 0 spiro atoms. The van der Waals surface area contributed by atoms with E-state index in [1.165, 1.54) is 43.5 Å². The smallest absolute Gasteiger partial charge is 0.259 e. The second-order valence-electron chi connectivity index (χ2n) is 10.2. The van der Waals surface area contributed by atoms with Crippen LogP contribution >= 0.6 is 0 Å². The van der Waals surface area contributed by atoms with Crippen molar-refractivity contribution < 1.29 is 52.2 Å². The first-order valence-corrected chi connectivity index (χ1v) is 13.3. The van der Waals surface area contributed by atoms with Gasteiger partial charge in [-0.1, -0.05) is 5.21 Å². The molecule has 0 saturated carbocycles. The summed E-state index contributed by atoms with van der Waals surface area (Å²) in [5.74, 6) is -5.08. The lowest BCUT2D eigenvalue weighted by atomic mass is 9.91. The van der Waals surface area contributed by atoms with Crippen molar-refractivity contribution in [3.8, 4) is 23.1 Å². The fourth-order valence-electron chi connectivity index (χ4n) is 5.42. The Morgan fingerprint density at radius 1 is 1.16 bits per heavy atom. The van der Waals surface area contributed by atoms with E-state index in [-0.39, 0.29) is 41.5 Å². The summed E-state index contributed by atoms with van der Waals surface area (Å²) in [7, 11) is 2.62. The van der Waals surface area contributed by atoms with E-state index in [0.29, 0.717) is 0 Å². The number of ether oxygens (including phenoxy) is 4. The van der Waals surface area contributed by atoms with E-state index in [2.05, 4.69) is 10.3 Å². The zero-order valence-electron chi connectivity index (χ0n) is 23.4. The Bertz CT molecular complexity index is 1550. The second kappa shape index (κ2) is 12.9. The predicted octanol–water partition coefficient (Wildman–Crippen LogP) is 0.712. The molecular weight excluding hydrogens is 591 g/mol. The normalized spacial score (nSPS) is 26.8. The molecule has 0 bridgehead atoms. The van der Waals surface area contributed by atoms with Crippen molar-refractivity contribution in [3.05, 3.63) is 59.5 Å². The number of rotatable bonds is 8. The number of anilines is 1. The number of carbonyl (C=O) groups excluding carboxylic acids is 1. The fraction of sp³-hybridized carbons (Fsp3) is 0.429. The van der Waals surface area contributed by atoms with Crippen molar-refractivity contribution in [2.45, 2.75) is 42.6 Å². The topological polar surface area (TPSA) is 172 Å². The number of carbonyl (C=O) groups is 1. The molecule has 5 unspecified atom stereocenters. The first-order chi connectivity index (χ1) is 21.1. The van der Waals surface area contributed by atoms with E-state index in [1.54, 1.807) is 0 Å². The Morgan fingerprint density at radius 2 is 1.89 bits per heavy atom. The molecule has 2 aliphatic heterocycles. The first-order valence-electron chi connectivity index (χ1n) is 13.3. The van der Waals surface area contributed by atoms with Crippen LogP contribution in [0.2, 0.25) is 0 Å². The first kappa shape index (κ1) is 31.3. The number of nitrogens with zero attached hydrogens (tertiary/aromatic N) is 5. The van der Waals surface area contributed by atoms with Crippen molar-refractivity contribution in [3.63, 3.8) is 0 Å². The van der Waals surface area contributed by atoms with Crippen molar-refractivity contribution >= 4 is 11.6 Å². The summed E-state index contributed by atoms with van der Waals surface area (Å²) in [4.78, 5) is 15.6. The van der Waals surface area contributed by atoms with Crippen LogP contribution in [0.4, 0.5) is 18.9 Å². The molecule has 234 valence electrons. The largest absolute Gasteiger partial charge is 0.497 e. The van der Waals surface area contributed by atoms with Gasteiger partial charge in [-0.2, -0.15) is 5.26 Å². The maximum Gasteiger partial charge on any atom is 0.259 e. The molecule has 1 amide bonds. The molecule has 0 aliphatic carbocycles. The molecule has 13 nitrogen and oxygen atoms in total. The lowest BCUT2D eigenvalue weighted by Gasteiger charge is -2.45. The number of aliphatic hydroxyl groups excluding tert-OH is 3. The maximum absolute atomic E-state index is 14.4. The SMILES string of the molecule is COc1cc(C#N)cc(N(C(=O)C2OC(CO)C(O)C(n3cc(-c4cc(F)c(F)c(F)c4)nn3)C2OC)[C@H]2COC[C@@H]2O)c1. The van der Waals surface area contributed by atoms with Crippen molar-refractivity contribution in [2.75, 3.05) is 38.9 Å². The monoisotopic (exact) mass is 619 g/mol. The highest BCUT2D eigenvalue weighted by Gasteiger charge is 2.52. The third-order valence-electron chi connectivity index (χ3n) is 7.60. The number of aliphatic hydroxyl groups is 3. The summed E-state index contributed by atoms with van der Waals surface area (Å²) >= 11 is 0. The standard InChI is InChI=1S/C28H28F3N5O8/c1-41-16-4-13(8-32)3-15(7-16)36(20-11-43-12-21(20)38)28(40)27-26(42-2)24(25(39)22(10-37)44-27)35-9-19(33-34-35)14-5-17(29)23(31)18(30)6-14/h3-7,9,20-22,24-27,37-39H,10-12H2,1-2H3/t20-,21-,22?,24?,25?,26?,27?/m0/s1. The average Bonchev–Trinajstić information content (AvgIpc) is 3.68. The number of hydrogen-bond donors (Lipinski definition) is 3. The van der Waals surface area contributed by atoms with Gasteiger partial charge in [-0.25, -0.2) is 17.9 Å². The Hall–Kier alpha value is -4.11. The Labute approximate surface area is 248 Å². The predicted molar refractivity (Wildman–Crippen MR) is 143 cm³/mol. The van der Waals surface area contributed by atoms with Crippen LogP contribution in [-0.4, -0.2) is 107 Å². The molecule has 2 aromatic carbocycles. The van der Waals surface area contributed by atoms with Crippen molar-refractivity contribution in [2.24, 2.45) is 0 Å². The third-order valence-corrected chi connectivity index (χ3v) is 7.60. The molecule has 3 heterocycles. The lowest BCUT2D eigenvalue weighted by Crippen LogP contribution is -2.63. The zero-order valence-corrected chi connectivity index (χ0v) is 23.4. The van der Waals surface area contributed by atoms with Gasteiger partial charge in [-0.05, 0) is 24.3 Å². The van der Waals surface area contributed by atoms with Crippen LogP contribution in [0.15, 0.2) is 36.5 Å². The molecule has 2 saturated heterocycles. The highest BCUT2D eigenvalue weighted by atomic mass is 19.2. The minimum absolute atomic E-state index is 0.0664. The van der Waals surface area contributed by atoms with Gasteiger partial charge in [0, 0.05) is 24.4 Å². The van der Waals surface area contributed by atoms with E-state index in [1.807, 2.05) is 6.07 Å². The Morgan fingerprint density at radius 3 is 2.48 bits per heavy atom.